The number of rotatable bonds is 5. The lowest BCUT2D eigenvalue weighted by Crippen LogP contribution is -2.27. The molecule has 0 amide bonds. The van der Waals surface area contributed by atoms with Crippen molar-refractivity contribution in [2.45, 2.75) is 31.1 Å². The van der Waals surface area contributed by atoms with Gasteiger partial charge in [0.15, 0.2) is 0 Å². The second-order valence-corrected chi connectivity index (χ2v) is 4.89. The highest BCUT2D eigenvalue weighted by atomic mass is 35.5. The quantitative estimate of drug-likeness (QED) is 0.709. The zero-order valence-corrected chi connectivity index (χ0v) is 10.1. The summed E-state index contributed by atoms with van der Waals surface area (Å²) >= 11 is 5.77. The van der Waals surface area contributed by atoms with Gasteiger partial charge < -0.3 is 0 Å². The Hall–Kier alpha value is -1.00. The van der Waals surface area contributed by atoms with Gasteiger partial charge >= 0.3 is 0 Å². The molecule has 0 aliphatic heterocycles. The van der Waals surface area contributed by atoms with Crippen molar-refractivity contribution in [1.82, 2.24) is 0 Å². The molecule has 1 aliphatic carbocycles. The zero-order valence-electron chi connectivity index (χ0n) is 9.32. The lowest BCUT2D eigenvalue weighted by atomic mass is 9.74. The van der Waals surface area contributed by atoms with Crippen molar-refractivity contribution < 1.29 is 0 Å². The van der Waals surface area contributed by atoms with E-state index in [4.69, 9.17) is 11.6 Å². The molecule has 2 heteroatoms. The Balaban J connectivity index is 2.30. The van der Waals surface area contributed by atoms with Gasteiger partial charge in [0.25, 0.3) is 0 Å². The number of nitrogens with zero attached hydrogens (tertiary/aromatic N) is 1. The van der Waals surface area contributed by atoms with Gasteiger partial charge in [0.1, 0.15) is 0 Å². The number of nitriles is 1. The molecule has 0 saturated heterocycles. The molecule has 1 aromatic carbocycles. The maximum absolute atomic E-state index is 9.57. The van der Waals surface area contributed by atoms with Gasteiger partial charge in [-0.05, 0) is 37.2 Å². The van der Waals surface area contributed by atoms with Crippen LogP contribution in [0, 0.1) is 17.2 Å². The predicted octanol–water partition coefficient (Wildman–Crippen LogP) is 3.88. The van der Waals surface area contributed by atoms with Gasteiger partial charge in [-0.25, -0.2) is 0 Å². The number of halogens is 1. The predicted molar refractivity (Wildman–Crippen MR) is 66.4 cm³/mol. The van der Waals surface area contributed by atoms with E-state index in [1.807, 2.05) is 18.2 Å². The first kappa shape index (κ1) is 11.5. The van der Waals surface area contributed by atoms with Gasteiger partial charge in [-0.15, -0.1) is 11.6 Å². The van der Waals surface area contributed by atoms with Crippen LogP contribution in [0.4, 0.5) is 0 Å². The van der Waals surface area contributed by atoms with Gasteiger partial charge in [0.2, 0.25) is 0 Å². The summed E-state index contributed by atoms with van der Waals surface area (Å²) in [5.74, 6) is 1.19. The minimum atomic E-state index is -0.282. The Morgan fingerprint density at radius 1 is 1.31 bits per heavy atom. The van der Waals surface area contributed by atoms with E-state index in [-0.39, 0.29) is 5.41 Å². The van der Waals surface area contributed by atoms with Crippen LogP contribution in [0.1, 0.15) is 31.2 Å². The van der Waals surface area contributed by atoms with E-state index in [1.165, 1.54) is 18.4 Å². The molecule has 0 N–H and O–H groups in total. The molecule has 0 spiro atoms. The molecule has 16 heavy (non-hydrogen) atoms. The van der Waals surface area contributed by atoms with Crippen molar-refractivity contribution >= 4 is 11.6 Å². The smallest absolute Gasteiger partial charge is 0.0850 e. The van der Waals surface area contributed by atoms with Crippen LogP contribution in [0.3, 0.4) is 0 Å². The first-order valence-corrected chi connectivity index (χ1v) is 6.39. The number of alkyl halides is 1. The van der Waals surface area contributed by atoms with E-state index < -0.39 is 0 Å². The molecule has 0 bridgehead atoms. The largest absolute Gasteiger partial charge is 0.197 e. The van der Waals surface area contributed by atoms with Crippen molar-refractivity contribution in [3.63, 3.8) is 0 Å². The zero-order chi connectivity index (χ0) is 11.4. The van der Waals surface area contributed by atoms with Crippen LogP contribution in [0.15, 0.2) is 30.3 Å². The minimum Gasteiger partial charge on any atom is -0.197 e. The lowest BCUT2D eigenvalue weighted by molar-refractivity contribution is 0.437. The molecule has 1 fully saturated rings. The average Bonchev–Trinajstić information content (AvgIpc) is 3.17. The molecule has 1 atom stereocenters. The monoisotopic (exact) mass is 233 g/mol. The van der Waals surface area contributed by atoms with Crippen LogP contribution in [-0.4, -0.2) is 5.88 Å². The van der Waals surface area contributed by atoms with Crippen molar-refractivity contribution in [2.75, 3.05) is 5.88 Å². The Kier molecular flexibility index (Phi) is 3.51. The normalized spacial score (nSPS) is 18.8. The summed E-state index contributed by atoms with van der Waals surface area (Å²) < 4.78 is 0. The summed E-state index contributed by atoms with van der Waals surface area (Å²) in [6.45, 7) is 0. The topological polar surface area (TPSA) is 23.8 Å². The van der Waals surface area contributed by atoms with Crippen LogP contribution in [0.5, 0.6) is 0 Å². The SMILES string of the molecule is N#CC(CCCCl)(c1ccccc1)C1CC1. The van der Waals surface area contributed by atoms with Gasteiger partial charge in [0, 0.05) is 5.88 Å². The fourth-order valence-corrected chi connectivity index (χ4v) is 2.59. The van der Waals surface area contributed by atoms with E-state index in [1.54, 1.807) is 0 Å². The third kappa shape index (κ3) is 2.08. The summed E-state index contributed by atoms with van der Waals surface area (Å²) in [4.78, 5) is 0. The Morgan fingerprint density at radius 2 is 2.00 bits per heavy atom. The van der Waals surface area contributed by atoms with Crippen molar-refractivity contribution in [1.29, 1.82) is 5.26 Å². The van der Waals surface area contributed by atoms with Crippen molar-refractivity contribution in [3.05, 3.63) is 35.9 Å². The molecule has 0 radical (unpaired) electrons. The Labute approximate surface area is 102 Å². The van der Waals surface area contributed by atoms with Gasteiger partial charge in [-0.3, -0.25) is 0 Å². The van der Waals surface area contributed by atoms with Crippen molar-refractivity contribution in [2.24, 2.45) is 5.92 Å². The highest BCUT2D eigenvalue weighted by molar-refractivity contribution is 6.17. The second kappa shape index (κ2) is 4.89. The molecule has 1 unspecified atom stereocenters. The molecule has 0 aromatic heterocycles. The standard InChI is InChI=1S/C14H16ClN/c15-10-4-9-14(11-16,13-7-8-13)12-5-2-1-3-6-12/h1-3,5-6,13H,4,7-10H2. The summed E-state index contributed by atoms with van der Waals surface area (Å²) in [7, 11) is 0. The van der Waals surface area contributed by atoms with Gasteiger partial charge in [-0.2, -0.15) is 5.26 Å². The van der Waals surface area contributed by atoms with E-state index in [0.717, 1.165) is 12.8 Å². The number of hydrogen-bond donors (Lipinski definition) is 0. The van der Waals surface area contributed by atoms with Crippen LogP contribution >= 0.6 is 11.6 Å². The third-order valence-electron chi connectivity index (χ3n) is 3.47. The molecule has 1 aliphatic rings. The first-order valence-electron chi connectivity index (χ1n) is 5.86. The minimum absolute atomic E-state index is 0.282. The fraction of sp³-hybridized carbons (Fsp3) is 0.500. The van der Waals surface area contributed by atoms with Crippen LogP contribution in [-0.2, 0) is 5.41 Å². The summed E-state index contributed by atoms with van der Waals surface area (Å²) in [6.07, 6.45) is 4.18. The molecular weight excluding hydrogens is 218 g/mol. The molecule has 2 rings (SSSR count). The summed E-state index contributed by atoms with van der Waals surface area (Å²) in [6, 6.07) is 12.8. The molecule has 84 valence electrons. The molecule has 1 saturated carbocycles. The Bertz CT molecular complexity index is 377. The summed E-state index contributed by atoms with van der Waals surface area (Å²) in [5, 5.41) is 9.57. The second-order valence-electron chi connectivity index (χ2n) is 4.52. The van der Waals surface area contributed by atoms with Crippen LogP contribution < -0.4 is 0 Å². The molecule has 1 aromatic rings. The van der Waals surface area contributed by atoms with Gasteiger partial charge in [-0.1, -0.05) is 30.3 Å². The number of hydrogen-bond acceptors (Lipinski definition) is 1. The maximum Gasteiger partial charge on any atom is 0.0850 e. The van der Waals surface area contributed by atoms with E-state index in [9.17, 15) is 5.26 Å². The fourth-order valence-electron chi connectivity index (χ4n) is 2.45. The lowest BCUT2D eigenvalue weighted by Gasteiger charge is -2.27. The highest BCUT2D eigenvalue weighted by Gasteiger charge is 2.46. The Morgan fingerprint density at radius 3 is 2.50 bits per heavy atom. The molecule has 1 nitrogen and oxygen atoms in total. The number of benzene rings is 1. The van der Waals surface area contributed by atoms with E-state index in [0.29, 0.717) is 11.8 Å². The highest BCUT2D eigenvalue weighted by Crippen LogP contribution is 2.49. The van der Waals surface area contributed by atoms with Crippen LogP contribution in [0.25, 0.3) is 0 Å². The van der Waals surface area contributed by atoms with E-state index in [2.05, 4.69) is 18.2 Å². The van der Waals surface area contributed by atoms with Gasteiger partial charge in [0.05, 0.1) is 11.5 Å². The molecule has 0 heterocycles. The molecular formula is C14H16ClN. The first-order chi connectivity index (χ1) is 7.83. The maximum atomic E-state index is 9.57. The summed E-state index contributed by atoms with van der Waals surface area (Å²) in [5.41, 5.74) is 0.890. The van der Waals surface area contributed by atoms with Crippen molar-refractivity contribution in [3.8, 4) is 6.07 Å². The van der Waals surface area contributed by atoms with E-state index >= 15 is 0 Å². The average molecular weight is 234 g/mol. The third-order valence-corrected chi connectivity index (χ3v) is 3.73. The van der Waals surface area contributed by atoms with Crippen LogP contribution in [0.2, 0.25) is 0 Å².